The summed E-state index contributed by atoms with van der Waals surface area (Å²) in [5.41, 5.74) is 1.93. The van der Waals surface area contributed by atoms with Crippen molar-refractivity contribution in [3.8, 4) is 11.1 Å². The predicted molar refractivity (Wildman–Crippen MR) is 150 cm³/mol. The molecular formula is C30H37ClN2O6. The van der Waals surface area contributed by atoms with Gasteiger partial charge in [-0.2, -0.15) is 0 Å². The second-order valence-corrected chi connectivity index (χ2v) is 10.8. The summed E-state index contributed by atoms with van der Waals surface area (Å²) in [6.45, 7) is 6.65. The number of carbonyl (C=O) groups is 2. The van der Waals surface area contributed by atoms with E-state index in [-0.39, 0.29) is 31.9 Å². The van der Waals surface area contributed by atoms with Crippen LogP contribution in [0, 0.1) is 5.92 Å². The van der Waals surface area contributed by atoms with E-state index in [0.717, 1.165) is 23.1 Å². The van der Waals surface area contributed by atoms with Gasteiger partial charge in [-0.15, -0.1) is 6.58 Å². The smallest absolute Gasteiger partial charge is 0.404 e. The van der Waals surface area contributed by atoms with Crippen LogP contribution >= 0.6 is 11.6 Å². The monoisotopic (exact) mass is 556 g/mol. The average Bonchev–Trinajstić information content (AvgIpc) is 3.30. The number of halogens is 1. The first-order valence-electron chi connectivity index (χ1n) is 13.5. The van der Waals surface area contributed by atoms with Crippen LogP contribution in [0.25, 0.3) is 11.1 Å². The van der Waals surface area contributed by atoms with E-state index in [2.05, 4.69) is 24.9 Å². The fourth-order valence-electron chi connectivity index (χ4n) is 5.84. The first-order valence-corrected chi connectivity index (χ1v) is 13.8. The Balaban J connectivity index is 1.65. The van der Waals surface area contributed by atoms with Crippen LogP contribution in [0.2, 0.25) is 5.02 Å². The lowest BCUT2D eigenvalue weighted by Crippen LogP contribution is -2.55. The van der Waals surface area contributed by atoms with E-state index in [1.807, 2.05) is 30.3 Å². The van der Waals surface area contributed by atoms with E-state index < -0.39 is 35.9 Å². The lowest BCUT2D eigenvalue weighted by atomic mass is 9.79. The number of rotatable bonds is 9. The maximum atomic E-state index is 13.5. The van der Waals surface area contributed by atoms with Crippen LogP contribution in [0.15, 0.2) is 55.1 Å². The van der Waals surface area contributed by atoms with Crippen LogP contribution in [0.4, 0.5) is 4.79 Å². The van der Waals surface area contributed by atoms with E-state index >= 15 is 0 Å². The third kappa shape index (κ3) is 6.30. The molecule has 0 radical (unpaired) electrons. The maximum Gasteiger partial charge on any atom is 0.404 e. The summed E-state index contributed by atoms with van der Waals surface area (Å²) in [7, 11) is 0. The highest BCUT2D eigenvalue weighted by Gasteiger charge is 2.46. The van der Waals surface area contributed by atoms with Gasteiger partial charge in [-0.05, 0) is 54.9 Å². The highest BCUT2D eigenvalue weighted by molar-refractivity contribution is 6.33. The highest BCUT2D eigenvalue weighted by Crippen LogP contribution is 2.43. The molecule has 0 spiro atoms. The van der Waals surface area contributed by atoms with E-state index in [0.29, 0.717) is 30.0 Å². The van der Waals surface area contributed by atoms with Gasteiger partial charge in [-0.3, -0.25) is 4.79 Å². The topological polar surface area (TPSA) is 119 Å². The molecular weight excluding hydrogens is 520 g/mol. The van der Waals surface area contributed by atoms with Gasteiger partial charge in [-0.25, -0.2) is 4.79 Å². The van der Waals surface area contributed by atoms with Crippen molar-refractivity contribution >= 4 is 23.6 Å². The molecule has 1 saturated carbocycles. The molecule has 5 atom stereocenters. The molecule has 210 valence electrons. The SMILES string of the molecule is C=CCC[C@](O)(c1cccc(Cl)c1-c1cccc(CC)c1)[C@H]1CN(C(=O)[C@@H]2C[C@@H](O)[C@H](NC(=O)O)C2)CCO1. The van der Waals surface area contributed by atoms with Crippen LogP contribution in [0.5, 0.6) is 0 Å². The second kappa shape index (κ2) is 12.5. The number of carboxylic acid groups (broad SMARTS) is 1. The lowest BCUT2D eigenvalue weighted by Gasteiger charge is -2.43. The normalized spacial score (nSPS) is 24.7. The van der Waals surface area contributed by atoms with Crippen molar-refractivity contribution in [2.24, 2.45) is 5.92 Å². The number of hydrogen-bond donors (Lipinski definition) is 4. The minimum atomic E-state index is -1.47. The van der Waals surface area contributed by atoms with Gasteiger partial charge in [0.05, 0.1) is 25.3 Å². The number of allylic oxidation sites excluding steroid dienone is 1. The van der Waals surface area contributed by atoms with Crippen LogP contribution in [-0.4, -0.2) is 70.2 Å². The predicted octanol–water partition coefficient (Wildman–Crippen LogP) is 4.36. The first-order chi connectivity index (χ1) is 18.7. The van der Waals surface area contributed by atoms with Crippen molar-refractivity contribution in [3.63, 3.8) is 0 Å². The lowest BCUT2D eigenvalue weighted by molar-refractivity contribution is -0.167. The molecule has 2 aromatic rings. The molecule has 1 aliphatic heterocycles. The molecule has 0 bridgehead atoms. The first kappa shape index (κ1) is 29.1. The van der Waals surface area contributed by atoms with Crippen LogP contribution in [-0.2, 0) is 21.6 Å². The number of amides is 2. The van der Waals surface area contributed by atoms with Crippen molar-refractivity contribution in [3.05, 3.63) is 71.3 Å². The zero-order chi connectivity index (χ0) is 28.2. The summed E-state index contributed by atoms with van der Waals surface area (Å²) < 4.78 is 6.15. The summed E-state index contributed by atoms with van der Waals surface area (Å²) in [6.07, 6.45) is 0.946. The molecule has 4 N–H and O–H groups in total. The molecule has 0 unspecified atom stereocenters. The Kier molecular flexibility index (Phi) is 9.33. The third-order valence-electron chi connectivity index (χ3n) is 7.93. The summed E-state index contributed by atoms with van der Waals surface area (Å²) in [5, 5.41) is 34.6. The van der Waals surface area contributed by atoms with E-state index in [9.17, 15) is 19.8 Å². The number of morpholine rings is 1. The Hall–Kier alpha value is -2.91. The molecule has 4 rings (SSSR count). The highest BCUT2D eigenvalue weighted by atomic mass is 35.5. The number of aliphatic hydroxyl groups is 2. The molecule has 0 aromatic heterocycles. The molecule has 1 aliphatic carbocycles. The summed E-state index contributed by atoms with van der Waals surface area (Å²) in [5.74, 6) is -0.694. The minimum absolute atomic E-state index is 0.150. The number of nitrogens with zero attached hydrogens (tertiary/aromatic N) is 1. The Morgan fingerprint density at radius 3 is 2.74 bits per heavy atom. The zero-order valence-electron chi connectivity index (χ0n) is 22.2. The van der Waals surface area contributed by atoms with Gasteiger partial charge >= 0.3 is 6.09 Å². The summed E-state index contributed by atoms with van der Waals surface area (Å²) >= 11 is 6.76. The van der Waals surface area contributed by atoms with Gasteiger partial charge in [0.15, 0.2) is 0 Å². The van der Waals surface area contributed by atoms with Crippen molar-refractivity contribution in [1.82, 2.24) is 10.2 Å². The fraction of sp³-hybridized carbons (Fsp3) is 0.467. The molecule has 2 aromatic carbocycles. The molecule has 2 amide bonds. The number of aliphatic hydroxyl groups excluding tert-OH is 1. The summed E-state index contributed by atoms with van der Waals surface area (Å²) in [6, 6.07) is 12.9. The average molecular weight is 557 g/mol. The van der Waals surface area contributed by atoms with Crippen LogP contribution in [0.1, 0.15) is 43.7 Å². The Morgan fingerprint density at radius 1 is 1.26 bits per heavy atom. The maximum absolute atomic E-state index is 13.5. The number of hydrogen-bond acceptors (Lipinski definition) is 5. The fourth-order valence-corrected chi connectivity index (χ4v) is 6.13. The van der Waals surface area contributed by atoms with Gasteiger partial charge in [0.1, 0.15) is 11.7 Å². The Bertz CT molecular complexity index is 1210. The van der Waals surface area contributed by atoms with Crippen molar-refractivity contribution < 1.29 is 29.6 Å². The number of ether oxygens (including phenoxy) is 1. The van der Waals surface area contributed by atoms with Gasteiger partial charge < -0.3 is 30.3 Å². The molecule has 1 heterocycles. The molecule has 9 heteroatoms. The second-order valence-electron chi connectivity index (χ2n) is 10.4. The van der Waals surface area contributed by atoms with E-state index in [1.54, 1.807) is 17.0 Å². The van der Waals surface area contributed by atoms with Gasteiger partial charge in [0, 0.05) is 23.0 Å². The standard InChI is InChI=1S/C30H37ClN2O6/c1-3-5-12-30(38,22-10-7-11-23(31)27(22)20-9-6-8-19(4-2)15-20)26-18-33(13-14-39-26)28(35)21-16-24(25(34)17-21)32-29(36)37/h3,6-11,15,21,24-26,32,34,38H,1,4-5,12-14,16-18H2,2H3,(H,36,37)/t21-,24+,25+,26+,30-/m0/s1. The zero-order valence-corrected chi connectivity index (χ0v) is 22.9. The number of aryl methyl sites for hydroxylation is 1. The van der Waals surface area contributed by atoms with Crippen molar-refractivity contribution in [2.45, 2.75) is 62.9 Å². The van der Waals surface area contributed by atoms with Gasteiger partial charge in [0.2, 0.25) is 5.91 Å². The molecule has 2 fully saturated rings. The van der Waals surface area contributed by atoms with Crippen LogP contribution < -0.4 is 5.32 Å². The third-order valence-corrected chi connectivity index (χ3v) is 8.25. The minimum Gasteiger partial charge on any atom is -0.465 e. The number of carbonyl (C=O) groups excluding carboxylic acids is 1. The quantitative estimate of drug-likeness (QED) is 0.341. The summed E-state index contributed by atoms with van der Waals surface area (Å²) in [4.78, 5) is 26.2. The Labute approximate surface area is 234 Å². The molecule has 8 nitrogen and oxygen atoms in total. The van der Waals surface area contributed by atoms with Gasteiger partial charge in [0.25, 0.3) is 0 Å². The molecule has 39 heavy (non-hydrogen) atoms. The van der Waals surface area contributed by atoms with E-state index in [1.165, 1.54) is 0 Å². The van der Waals surface area contributed by atoms with Gasteiger partial charge in [-0.1, -0.05) is 61.0 Å². The largest absolute Gasteiger partial charge is 0.465 e. The number of benzene rings is 2. The molecule has 2 aliphatic rings. The number of nitrogens with one attached hydrogen (secondary N) is 1. The van der Waals surface area contributed by atoms with Crippen molar-refractivity contribution in [2.75, 3.05) is 19.7 Å². The van der Waals surface area contributed by atoms with E-state index in [4.69, 9.17) is 21.4 Å². The molecule has 1 saturated heterocycles. The van der Waals surface area contributed by atoms with Crippen LogP contribution in [0.3, 0.4) is 0 Å². The Morgan fingerprint density at radius 2 is 2.03 bits per heavy atom. The van der Waals surface area contributed by atoms with Crippen molar-refractivity contribution in [1.29, 1.82) is 0 Å².